The number of carbonyl (C=O) groups excluding carboxylic acids is 5. The maximum absolute atomic E-state index is 14.1. The van der Waals surface area contributed by atoms with Crippen molar-refractivity contribution in [1.29, 1.82) is 0 Å². The molecule has 7 aromatic rings. The summed E-state index contributed by atoms with van der Waals surface area (Å²) in [6, 6.07) is 40.1. The van der Waals surface area contributed by atoms with Gasteiger partial charge in [0.25, 0.3) is 32.1 Å². The van der Waals surface area contributed by atoms with E-state index in [4.69, 9.17) is 0 Å². The molecule has 3 aliphatic rings. The predicted octanol–water partition coefficient (Wildman–Crippen LogP) is 10.6. The fourth-order valence-electron chi connectivity index (χ4n) is 12.8. The van der Waals surface area contributed by atoms with Gasteiger partial charge in [-0.1, -0.05) is 90.2 Å². The van der Waals surface area contributed by atoms with Crippen LogP contribution < -0.4 is 31.1 Å². The largest absolute Gasteiger partial charge is 0.354 e. The second kappa shape index (κ2) is 28.7. The first-order valence-electron chi connectivity index (χ1n) is 31.4. The molecule has 1 aromatic heterocycles. The number of anilines is 3. The lowest BCUT2D eigenvalue weighted by Crippen LogP contribution is -2.32. The van der Waals surface area contributed by atoms with Crippen LogP contribution >= 0.6 is 0 Å². The molecule has 0 spiro atoms. The third-order valence-electron chi connectivity index (χ3n) is 17.6. The van der Waals surface area contributed by atoms with E-state index >= 15 is 0 Å². The lowest BCUT2D eigenvalue weighted by Gasteiger charge is -2.30. The molecule has 2 unspecified atom stereocenters. The first kappa shape index (κ1) is 67.2. The van der Waals surface area contributed by atoms with Crippen molar-refractivity contribution in [2.75, 3.05) is 41.3 Å². The van der Waals surface area contributed by atoms with E-state index in [0.29, 0.717) is 85.6 Å². The zero-order valence-corrected chi connectivity index (χ0v) is 54.7. The highest BCUT2D eigenvalue weighted by Gasteiger charge is 2.45. The minimum absolute atomic E-state index is 0.0643. The molecule has 0 aliphatic carbocycles. The number of carbonyl (C=O) groups is 5. The normalized spacial score (nSPS) is 17.2. The Bertz CT molecular complexity index is 4410. The topological polar surface area (TPSA) is 282 Å². The molecule has 21 nitrogen and oxygen atoms in total. The Hall–Kier alpha value is -9.68. The molecule has 6 aromatic carbocycles. The highest BCUT2D eigenvalue weighted by Crippen LogP contribution is 2.51. The zero-order valence-electron chi connectivity index (χ0n) is 53.1. The number of nitrogens with zero attached hydrogens (tertiary/aromatic N) is 6. The lowest BCUT2D eigenvalue weighted by atomic mass is 9.77. The van der Waals surface area contributed by atoms with Crippen LogP contribution in [0.2, 0.25) is 0 Å². The molecule has 488 valence electrons. The maximum atomic E-state index is 14.1. The molecule has 6 N–H and O–H groups in total. The van der Waals surface area contributed by atoms with E-state index in [1.54, 1.807) is 58.2 Å². The lowest BCUT2D eigenvalue weighted by molar-refractivity contribution is -0.433. The Kier molecular flexibility index (Phi) is 20.5. The van der Waals surface area contributed by atoms with Crippen LogP contribution in [0.5, 0.6) is 0 Å². The molecule has 0 radical (unpaired) electrons. The molecule has 10 rings (SSSR count). The number of nitrogens with one attached hydrogen (secondary N) is 4. The summed E-state index contributed by atoms with van der Waals surface area (Å²) in [6.45, 7) is 12.1. The van der Waals surface area contributed by atoms with Crippen molar-refractivity contribution in [1.82, 2.24) is 30.9 Å². The molecule has 2 atom stereocenters. The van der Waals surface area contributed by atoms with Crippen molar-refractivity contribution in [3.05, 3.63) is 215 Å². The molecule has 5 amide bonds. The Labute approximate surface area is 547 Å². The van der Waals surface area contributed by atoms with Gasteiger partial charge < -0.3 is 31.1 Å². The third-order valence-corrected chi connectivity index (χ3v) is 19.3. The van der Waals surface area contributed by atoms with Crippen molar-refractivity contribution in [2.45, 2.75) is 119 Å². The maximum Gasteiger partial charge on any atom is 0.294 e. The van der Waals surface area contributed by atoms with E-state index in [-0.39, 0.29) is 71.7 Å². The first-order chi connectivity index (χ1) is 45.0. The van der Waals surface area contributed by atoms with Gasteiger partial charge in [0.2, 0.25) is 23.4 Å². The monoisotopic (exact) mass is 1310 g/mol. The zero-order chi connectivity index (χ0) is 67.0. The summed E-state index contributed by atoms with van der Waals surface area (Å²) >= 11 is 0. The molecular formula is C71H77N10O11S2+. The van der Waals surface area contributed by atoms with Crippen LogP contribution in [0.3, 0.4) is 0 Å². The van der Waals surface area contributed by atoms with E-state index in [2.05, 4.69) is 41.1 Å². The van der Waals surface area contributed by atoms with Crippen molar-refractivity contribution < 1.29 is 54.5 Å². The summed E-state index contributed by atoms with van der Waals surface area (Å²) in [7, 11) is -8.94. The smallest absolute Gasteiger partial charge is 0.294 e. The fourth-order valence-corrected chi connectivity index (χ4v) is 13.8. The summed E-state index contributed by atoms with van der Waals surface area (Å²) in [5.74, 6) is -1.37. The molecule has 94 heavy (non-hydrogen) atoms. The predicted molar refractivity (Wildman–Crippen MR) is 360 cm³/mol. The minimum Gasteiger partial charge on any atom is -0.354 e. The summed E-state index contributed by atoms with van der Waals surface area (Å²) in [5.41, 5.74) is 8.71. The van der Waals surface area contributed by atoms with E-state index in [0.717, 1.165) is 45.0 Å². The van der Waals surface area contributed by atoms with Crippen molar-refractivity contribution in [3.8, 4) is 11.1 Å². The second-order valence-electron chi connectivity index (χ2n) is 24.1. The van der Waals surface area contributed by atoms with Crippen molar-refractivity contribution in [3.63, 3.8) is 0 Å². The van der Waals surface area contributed by atoms with Crippen LogP contribution in [0.1, 0.15) is 129 Å². The van der Waals surface area contributed by atoms with Gasteiger partial charge in [-0.2, -0.15) is 21.4 Å². The molecular weight excluding hydrogens is 1230 g/mol. The third kappa shape index (κ3) is 15.0. The van der Waals surface area contributed by atoms with Crippen LogP contribution in [0.25, 0.3) is 11.1 Å². The van der Waals surface area contributed by atoms with E-state index in [1.165, 1.54) is 24.3 Å². The number of hydrogen-bond acceptors (Lipinski definition) is 12. The Balaban J connectivity index is 0.679. The van der Waals surface area contributed by atoms with E-state index in [1.807, 2.05) is 138 Å². The summed E-state index contributed by atoms with van der Waals surface area (Å²) in [4.78, 5) is 70.7. The number of rotatable bonds is 24. The number of hydrogen-bond donors (Lipinski definition) is 6. The Morgan fingerprint density at radius 1 is 0.723 bits per heavy atom. The molecule has 3 aliphatic heterocycles. The number of aromatic nitrogens is 3. The first-order valence-corrected chi connectivity index (χ1v) is 34.3. The SMILES string of the molecule is CCN1\C(=C/C=C/C=C/C2=[N+](CC)c3ccc(S(=O)(=O)O)cc3C2(C)C)C(C)(CCCC(=O)NCCn2cc(CNC(=O)CCC(=O)NC3CCCN(C(=O)c4ccc(NC(=O)c5ccccc5-c5ccccc5)cc4)c4ccccc43)nn2)c2cc(S(=O)(=O)O)ccc21. The van der Waals surface area contributed by atoms with Gasteiger partial charge >= 0.3 is 0 Å². The number of benzene rings is 6. The summed E-state index contributed by atoms with van der Waals surface area (Å²) in [5, 5.41) is 20.1. The van der Waals surface area contributed by atoms with Crippen LogP contribution in [0, 0.1) is 0 Å². The van der Waals surface area contributed by atoms with Gasteiger partial charge in [-0.3, -0.25) is 37.8 Å². The number of likely N-dealkylation sites (N-methyl/N-ethyl adjacent to an activating group) is 1. The molecule has 4 heterocycles. The fraction of sp³-hybridized carbons (Fsp3) is 0.296. The highest BCUT2D eigenvalue weighted by atomic mass is 32.2. The van der Waals surface area contributed by atoms with Gasteiger partial charge in [-0.05, 0) is 155 Å². The number of para-hydroxylation sites is 1. The van der Waals surface area contributed by atoms with Gasteiger partial charge in [-0.15, -0.1) is 5.10 Å². The summed E-state index contributed by atoms with van der Waals surface area (Å²) < 4.78 is 72.4. The number of allylic oxidation sites excluding steroid dienone is 6. The molecule has 0 fully saturated rings. The second-order valence-corrected chi connectivity index (χ2v) is 27.0. The van der Waals surface area contributed by atoms with Crippen LogP contribution in [0.15, 0.2) is 192 Å². The molecule has 0 saturated carbocycles. The Morgan fingerprint density at radius 2 is 1.40 bits per heavy atom. The standard InChI is InChI=1S/C71H76N10O11S2/c1-6-79-61-36-34-52(93(87,88)89)44-57(61)70(3,4)63(79)27-12-9-13-28-64-71(5,58-45-53(94(90,91)92)35-37-62(58)80(64)7-2)40-18-29-65(82)72-41-43-78-47-51(76-77-78)46-73-66(83)38-39-67(84)75-59-25-19-42-81(60-26-17-16-24-56(59)60)69(86)49-30-32-50(33-31-49)74-68(85)55-23-15-14-22-54(55)48-20-10-8-11-21-48/h8-17,20-24,26-28,30-37,44-45,47,59H,6-7,18-19,25,29,38-43,46H2,1-5H3,(H5-,72,73,74,75,82,83,84,85,86,87,88,89,90,91,92)/p+1. The quantitative estimate of drug-likeness (QED) is 0.0186. The van der Waals surface area contributed by atoms with Gasteiger partial charge in [0, 0.05) is 95.9 Å². The van der Waals surface area contributed by atoms with Gasteiger partial charge in [0.1, 0.15) is 12.2 Å². The minimum atomic E-state index is -4.53. The number of fused-ring (bicyclic) bond motifs is 3. The van der Waals surface area contributed by atoms with Crippen molar-refractivity contribution >= 4 is 78.2 Å². The van der Waals surface area contributed by atoms with Gasteiger partial charge in [0.15, 0.2) is 5.71 Å². The average molecular weight is 1310 g/mol. The van der Waals surface area contributed by atoms with Crippen LogP contribution in [-0.4, -0.2) is 107 Å². The average Bonchev–Trinajstić information content (AvgIpc) is 1.59. The van der Waals surface area contributed by atoms with Gasteiger partial charge in [0.05, 0.1) is 40.5 Å². The van der Waals surface area contributed by atoms with E-state index in [9.17, 15) is 49.9 Å². The van der Waals surface area contributed by atoms with Crippen LogP contribution in [0.4, 0.5) is 22.7 Å². The molecule has 0 saturated heterocycles. The van der Waals surface area contributed by atoms with Gasteiger partial charge in [-0.25, -0.2) is 0 Å². The number of amides is 5. The van der Waals surface area contributed by atoms with Crippen LogP contribution in [-0.2, 0) is 58.5 Å². The highest BCUT2D eigenvalue weighted by molar-refractivity contribution is 7.86. The molecule has 0 bridgehead atoms. The molecule has 23 heteroatoms. The van der Waals surface area contributed by atoms with E-state index < -0.39 is 37.1 Å². The van der Waals surface area contributed by atoms with Crippen molar-refractivity contribution in [2.24, 2.45) is 0 Å². The Morgan fingerprint density at radius 3 is 2.14 bits per heavy atom. The summed E-state index contributed by atoms with van der Waals surface area (Å²) in [6.07, 6.45) is 13.3.